The van der Waals surface area contributed by atoms with E-state index in [2.05, 4.69) is 10.9 Å². The first-order valence-electron chi connectivity index (χ1n) is 5.59. The van der Waals surface area contributed by atoms with Crippen LogP contribution in [-0.2, 0) is 21.7 Å². The molecule has 0 aliphatic carbocycles. The summed E-state index contributed by atoms with van der Waals surface area (Å²) in [6, 6.07) is 5.95. The number of aryl methyl sites for hydroxylation is 1. The summed E-state index contributed by atoms with van der Waals surface area (Å²) in [5.41, 5.74) is 3.45. The fourth-order valence-corrected chi connectivity index (χ4v) is 3.99. The molecule has 1 aliphatic heterocycles. The molecule has 1 aliphatic rings. The summed E-state index contributed by atoms with van der Waals surface area (Å²) in [7, 11) is -0.280. The van der Waals surface area contributed by atoms with Crippen molar-refractivity contribution in [3.05, 3.63) is 29.5 Å². The van der Waals surface area contributed by atoms with Crippen LogP contribution in [0.4, 0.5) is 0 Å². The zero-order chi connectivity index (χ0) is 12.0. The van der Waals surface area contributed by atoms with Crippen LogP contribution in [0.2, 0.25) is 0 Å². The van der Waals surface area contributed by atoms with Crippen molar-refractivity contribution < 1.29 is 8.95 Å². The van der Waals surface area contributed by atoms with Crippen LogP contribution >= 0.6 is 0 Å². The molecule has 0 saturated heterocycles. The van der Waals surface area contributed by atoms with E-state index >= 15 is 0 Å². The summed E-state index contributed by atoms with van der Waals surface area (Å²) in [4.78, 5) is 3.40. The van der Waals surface area contributed by atoms with Crippen molar-refractivity contribution >= 4 is 26.3 Å². The summed E-state index contributed by atoms with van der Waals surface area (Å²) < 4.78 is 17.3. The van der Waals surface area contributed by atoms with E-state index in [9.17, 15) is 4.21 Å². The fourth-order valence-electron chi connectivity index (χ4n) is 2.41. The lowest BCUT2D eigenvalue weighted by molar-refractivity contribution is 0.415. The molecule has 3 nitrogen and oxygen atoms in total. The number of aromatic amines is 1. The lowest BCUT2D eigenvalue weighted by Crippen LogP contribution is -2.17. The van der Waals surface area contributed by atoms with Gasteiger partial charge >= 0.3 is 0 Å². The van der Waals surface area contributed by atoms with Gasteiger partial charge < -0.3 is 9.72 Å². The Balaban J connectivity index is 2.25. The quantitative estimate of drug-likeness (QED) is 0.785. The van der Waals surface area contributed by atoms with Crippen LogP contribution in [0.15, 0.2) is 18.2 Å². The van der Waals surface area contributed by atoms with Gasteiger partial charge in [-0.3, -0.25) is 4.21 Å². The van der Waals surface area contributed by atoms with E-state index in [1.54, 1.807) is 7.11 Å². The molecule has 3 rings (SSSR count). The van der Waals surface area contributed by atoms with Gasteiger partial charge in [-0.2, -0.15) is 0 Å². The van der Waals surface area contributed by atoms with Crippen LogP contribution in [0, 0.1) is 0 Å². The number of methoxy groups -OCH3 is 1. The number of hydrogen-bond donors (Lipinski definition) is 1. The van der Waals surface area contributed by atoms with Gasteiger partial charge in [0.1, 0.15) is 5.75 Å². The van der Waals surface area contributed by atoms with E-state index in [0.29, 0.717) is 11.5 Å². The topological polar surface area (TPSA) is 42.1 Å². The van der Waals surface area contributed by atoms with Crippen LogP contribution in [0.1, 0.15) is 11.3 Å². The van der Waals surface area contributed by atoms with Gasteiger partial charge in [0.15, 0.2) is 0 Å². The molecule has 1 atom stereocenters. The van der Waals surface area contributed by atoms with Gasteiger partial charge in [0.2, 0.25) is 0 Å². The molecule has 2 aromatic rings. The third-order valence-corrected chi connectivity index (χ3v) is 5.10. The number of fused-ring (bicyclic) bond motifs is 3. The Labute approximate surface area is 101 Å². The molecule has 1 aromatic carbocycles. The van der Waals surface area contributed by atoms with Crippen LogP contribution in [0.25, 0.3) is 10.9 Å². The lowest BCUT2D eigenvalue weighted by atomic mass is 10.1. The van der Waals surface area contributed by atoms with Gasteiger partial charge in [0.05, 0.1) is 7.11 Å². The zero-order valence-corrected chi connectivity index (χ0v) is 10.6. The molecule has 0 amide bonds. The summed E-state index contributed by atoms with van der Waals surface area (Å²) in [5, 5.41) is 1.12. The molecule has 4 heteroatoms. The largest absolute Gasteiger partial charge is 0.497 e. The van der Waals surface area contributed by atoms with Crippen LogP contribution in [0.3, 0.4) is 0 Å². The van der Waals surface area contributed by atoms with E-state index < -0.39 is 9.52 Å². The molecule has 90 valence electrons. The maximum atomic E-state index is 12.1. The Bertz CT molecular complexity index is 683. The molecule has 2 heterocycles. The minimum absolute atomic E-state index is 0.579. The Morgan fingerprint density at radius 2 is 2.29 bits per heavy atom. The number of aromatic nitrogens is 1. The third-order valence-electron chi connectivity index (χ3n) is 3.33. The molecule has 1 unspecified atom stereocenters. The van der Waals surface area contributed by atoms with Gasteiger partial charge in [-0.25, -0.2) is 0 Å². The zero-order valence-electron chi connectivity index (χ0n) is 9.79. The molecular formula is C13H15NO2S. The number of ether oxygens (including phenoxy) is 1. The van der Waals surface area contributed by atoms with Crippen molar-refractivity contribution in [3.63, 3.8) is 0 Å². The van der Waals surface area contributed by atoms with E-state index in [0.717, 1.165) is 28.6 Å². The molecule has 1 aromatic heterocycles. The van der Waals surface area contributed by atoms with Crippen molar-refractivity contribution in [2.45, 2.75) is 12.2 Å². The normalized spacial score (nSPS) is 23.6. The fraction of sp³-hybridized carbons (Fsp3) is 0.308. The number of hydrogen-bond acceptors (Lipinski definition) is 2. The van der Waals surface area contributed by atoms with Crippen LogP contribution in [0.5, 0.6) is 5.75 Å². The lowest BCUT2D eigenvalue weighted by Gasteiger charge is -2.16. The second-order valence-corrected chi connectivity index (χ2v) is 7.19. The molecule has 0 saturated carbocycles. The summed E-state index contributed by atoms with van der Waals surface area (Å²) in [5.74, 6) is 5.94. The number of H-pyrrole nitrogens is 1. The number of nitrogens with one attached hydrogen (secondary N) is 1. The van der Waals surface area contributed by atoms with Gasteiger partial charge in [-0.1, -0.05) is 0 Å². The summed E-state index contributed by atoms with van der Waals surface area (Å²) in [6.45, 7) is 0. The number of benzene rings is 1. The van der Waals surface area contributed by atoms with Gasteiger partial charge in [-0.05, 0) is 45.6 Å². The second kappa shape index (κ2) is 3.53. The van der Waals surface area contributed by atoms with Crippen molar-refractivity contribution in [1.82, 2.24) is 4.98 Å². The first kappa shape index (κ1) is 10.7. The molecule has 17 heavy (non-hydrogen) atoms. The van der Waals surface area contributed by atoms with Crippen LogP contribution < -0.4 is 4.74 Å². The Kier molecular flexibility index (Phi) is 2.23. The highest BCUT2D eigenvalue weighted by atomic mass is 32.2. The summed E-state index contributed by atoms with van der Waals surface area (Å²) >= 11 is 0. The van der Waals surface area contributed by atoms with Gasteiger partial charge in [-0.15, -0.1) is 0 Å². The van der Waals surface area contributed by atoms with Crippen molar-refractivity contribution in [3.8, 4) is 5.75 Å². The Morgan fingerprint density at radius 1 is 1.47 bits per heavy atom. The average molecular weight is 249 g/mol. The minimum Gasteiger partial charge on any atom is -0.497 e. The SMILES string of the molecule is C=S1(=O)CCc2[nH]c3ccc(OC)cc3c2C1. The predicted octanol–water partition coefficient (Wildman–Crippen LogP) is 1.95. The molecule has 0 spiro atoms. The van der Waals surface area contributed by atoms with Crippen molar-refractivity contribution in [1.29, 1.82) is 0 Å². The first-order valence-corrected chi connectivity index (χ1v) is 7.66. The van der Waals surface area contributed by atoms with E-state index in [-0.39, 0.29) is 0 Å². The monoisotopic (exact) mass is 249 g/mol. The smallest absolute Gasteiger partial charge is 0.119 e. The highest BCUT2D eigenvalue weighted by Gasteiger charge is 2.21. The Hall–Kier alpha value is -1.42. The predicted molar refractivity (Wildman–Crippen MR) is 72.4 cm³/mol. The van der Waals surface area contributed by atoms with Gasteiger partial charge in [0.25, 0.3) is 0 Å². The summed E-state index contributed by atoms with van der Waals surface area (Å²) in [6.07, 6.45) is 0.828. The molecule has 0 bridgehead atoms. The van der Waals surface area contributed by atoms with Gasteiger partial charge in [0, 0.05) is 28.1 Å². The second-order valence-electron chi connectivity index (χ2n) is 4.56. The molecule has 0 fully saturated rings. The third kappa shape index (κ3) is 1.72. The van der Waals surface area contributed by atoms with E-state index in [4.69, 9.17) is 4.74 Å². The molecule has 1 N–H and O–H groups in total. The van der Waals surface area contributed by atoms with Crippen molar-refractivity contribution in [2.24, 2.45) is 0 Å². The van der Waals surface area contributed by atoms with Crippen molar-refractivity contribution in [2.75, 3.05) is 12.9 Å². The average Bonchev–Trinajstić information content (AvgIpc) is 2.65. The maximum absolute atomic E-state index is 12.1. The van der Waals surface area contributed by atoms with E-state index in [1.807, 2.05) is 18.2 Å². The standard InChI is InChI=1S/C13H15NO2S/c1-16-9-3-4-12-10(7-9)11-8-17(2,15)6-5-13(11)14-12/h3-4,7,14H,2,5-6,8H2,1H3. The minimum atomic E-state index is -1.94. The first-order chi connectivity index (χ1) is 8.09. The molecule has 0 radical (unpaired) electrons. The molecular weight excluding hydrogens is 234 g/mol. The van der Waals surface area contributed by atoms with E-state index in [1.165, 1.54) is 5.69 Å². The Morgan fingerprint density at radius 3 is 3.06 bits per heavy atom. The maximum Gasteiger partial charge on any atom is 0.119 e. The highest BCUT2D eigenvalue weighted by molar-refractivity contribution is 7.99. The van der Waals surface area contributed by atoms with Crippen LogP contribution in [-0.4, -0.2) is 27.9 Å². The highest BCUT2D eigenvalue weighted by Crippen LogP contribution is 2.31. The number of rotatable bonds is 1.